The molecule has 0 bridgehead atoms. The first-order valence-electron chi connectivity index (χ1n) is 8.05. The van der Waals surface area contributed by atoms with Gasteiger partial charge in [0.2, 0.25) is 0 Å². The topological polar surface area (TPSA) is 51.2 Å². The van der Waals surface area contributed by atoms with Crippen LogP contribution in [0.3, 0.4) is 0 Å². The highest BCUT2D eigenvalue weighted by molar-refractivity contribution is 6.30. The molecule has 1 aliphatic rings. The molecule has 0 aromatic heterocycles. The van der Waals surface area contributed by atoms with Gasteiger partial charge in [0.05, 0.1) is 31.5 Å². The summed E-state index contributed by atoms with van der Waals surface area (Å²) in [5.41, 5.74) is 0. The third-order valence-electron chi connectivity index (χ3n) is 3.58. The van der Waals surface area contributed by atoms with Gasteiger partial charge in [-0.15, -0.1) is 0 Å². The molecule has 0 amide bonds. The van der Waals surface area contributed by atoms with Crippen LogP contribution in [0.5, 0.6) is 5.75 Å². The molecule has 1 aliphatic heterocycles. The van der Waals surface area contributed by atoms with Gasteiger partial charge in [-0.3, -0.25) is 4.90 Å². The van der Waals surface area contributed by atoms with Gasteiger partial charge < -0.3 is 19.3 Å². The summed E-state index contributed by atoms with van der Waals surface area (Å²) < 4.78 is 16.7. The molecule has 1 fully saturated rings. The van der Waals surface area contributed by atoms with Crippen molar-refractivity contribution in [2.45, 2.75) is 32.2 Å². The van der Waals surface area contributed by atoms with E-state index in [0.29, 0.717) is 31.4 Å². The first-order valence-corrected chi connectivity index (χ1v) is 8.42. The normalized spacial score (nSPS) is 23.7. The molecular weight excluding hydrogens is 318 g/mol. The Labute approximate surface area is 143 Å². The summed E-state index contributed by atoms with van der Waals surface area (Å²) in [7, 11) is 0. The van der Waals surface area contributed by atoms with E-state index in [1.807, 2.05) is 12.1 Å². The number of ether oxygens (including phenoxy) is 3. The molecule has 1 aromatic rings. The Morgan fingerprint density at radius 2 is 1.87 bits per heavy atom. The van der Waals surface area contributed by atoms with Gasteiger partial charge >= 0.3 is 0 Å². The summed E-state index contributed by atoms with van der Waals surface area (Å²) >= 11 is 5.81. The quantitative estimate of drug-likeness (QED) is 0.733. The molecule has 1 N–H and O–H groups in total. The summed E-state index contributed by atoms with van der Waals surface area (Å²) in [6.45, 7) is 7.61. The van der Waals surface area contributed by atoms with E-state index in [0.717, 1.165) is 18.8 Å². The van der Waals surface area contributed by atoms with Crippen molar-refractivity contribution in [2.24, 2.45) is 0 Å². The first kappa shape index (κ1) is 18.5. The van der Waals surface area contributed by atoms with Crippen molar-refractivity contribution >= 4 is 11.6 Å². The summed E-state index contributed by atoms with van der Waals surface area (Å²) in [6, 6.07) is 7.20. The molecule has 1 aromatic carbocycles. The zero-order valence-electron chi connectivity index (χ0n) is 13.8. The number of aliphatic hydroxyl groups excluding tert-OH is 1. The van der Waals surface area contributed by atoms with Gasteiger partial charge in [-0.05, 0) is 38.1 Å². The average Bonchev–Trinajstić information content (AvgIpc) is 2.47. The van der Waals surface area contributed by atoms with E-state index < -0.39 is 6.10 Å². The van der Waals surface area contributed by atoms with Crippen molar-refractivity contribution in [2.75, 3.05) is 39.5 Å². The third-order valence-corrected chi connectivity index (χ3v) is 3.84. The van der Waals surface area contributed by atoms with Crippen LogP contribution in [0.15, 0.2) is 24.3 Å². The molecule has 2 rings (SSSR count). The lowest BCUT2D eigenvalue weighted by Gasteiger charge is -2.36. The Hall–Kier alpha value is -0.850. The fourth-order valence-electron chi connectivity index (χ4n) is 2.75. The zero-order valence-corrected chi connectivity index (χ0v) is 14.5. The fourth-order valence-corrected chi connectivity index (χ4v) is 2.88. The van der Waals surface area contributed by atoms with Crippen LogP contribution < -0.4 is 4.74 Å². The fraction of sp³-hybridized carbons (Fsp3) is 0.647. The molecule has 6 heteroatoms. The monoisotopic (exact) mass is 343 g/mol. The minimum Gasteiger partial charge on any atom is -0.491 e. The SMILES string of the molecule is C[C@H]1CN(C[C@H](O)COCCOc2ccc(Cl)cc2)C[C@H](C)O1. The smallest absolute Gasteiger partial charge is 0.119 e. The minimum absolute atomic E-state index is 0.208. The predicted octanol–water partition coefficient (Wildman–Crippen LogP) is 2.21. The largest absolute Gasteiger partial charge is 0.491 e. The molecule has 23 heavy (non-hydrogen) atoms. The molecule has 1 saturated heterocycles. The van der Waals surface area contributed by atoms with E-state index in [2.05, 4.69) is 18.7 Å². The van der Waals surface area contributed by atoms with Crippen LogP contribution in [0.4, 0.5) is 0 Å². The van der Waals surface area contributed by atoms with Crippen LogP contribution in [0.25, 0.3) is 0 Å². The highest BCUT2D eigenvalue weighted by Gasteiger charge is 2.23. The Balaban J connectivity index is 1.56. The van der Waals surface area contributed by atoms with Gasteiger partial charge in [-0.1, -0.05) is 11.6 Å². The van der Waals surface area contributed by atoms with Gasteiger partial charge in [0, 0.05) is 24.7 Å². The Morgan fingerprint density at radius 3 is 2.52 bits per heavy atom. The second-order valence-electron chi connectivity index (χ2n) is 6.01. The summed E-state index contributed by atoms with van der Waals surface area (Å²) in [4.78, 5) is 2.22. The number of nitrogens with zero attached hydrogens (tertiary/aromatic N) is 1. The number of aliphatic hydroxyl groups is 1. The third kappa shape index (κ3) is 7.06. The van der Waals surface area contributed by atoms with Crippen LogP contribution in [-0.2, 0) is 9.47 Å². The second-order valence-corrected chi connectivity index (χ2v) is 6.44. The summed E-state index contributed by atoms with van der Waals surface area (Å²) in [6.07, 6.45) is -0.0812. The van der Waals surface area contributed by atoms with Gasteiger partial charge in [0.1, 0.15) is 12.4 Å². The van der Waals surface area contributed by atoms with Crippen LogP contribution in [0.2, 0.25) is 5.02 Å². The zero-order chi connectivity index (χ0) is 16.7. The Kier molecular flexibility index (Phi) is 7.59. The molecular formula is C17H26ClNO4. The summed E-state index contributed by atoms with van der Waals surface area (Å²) in [5.74, 6) is 0.759. The number of hydrogen-bond donors (Lipinski definition) is 1. The van der Waals surface area contributed by atoms with Crippen molar-refractivity contribution in [1.82, 2.24) is 4.90 Å². The molecule has 0 radical (unpaired) electrons. The van der Waals surface area contributed by atoms with Crippen molar-refractivity contribution in [3.05, 3.63) is 29.3 Å². The van der Waals surface area contributed by atoms with Gasteiger partial charge in [-0.25, -0.2) is 0 Å². The van der Waals surface area contributed by atoms with Crippen LogP contribution in [0.1, 0.15) is 13.8 Å². The van der Waals surface area contributed by atoms with Crippen molar-refractivity contribution in [3.8, 4) is 5.75 Å². The molecule has 0 spiro atoms. The van der Waals surface area contributed by atoms with E-state index in [1.165, 1.54) is 0 Å². The molecule has 0 saturated carbocycles. The number of halogens is 1. The standard InChI is InChI=1S/C17H26ClNO4/c1-13-9-19(10-14(2)23-13)11-16(20)12-21-7-8-22-17-5-3-15(18)4-6-17/h3-6,13-14,16,20H,7-12H2,1-2H3/t13-,14-,16-/m0/s1. The predicted molar refractivity (Wildman–Crippen MR) is 90.2 cm³/mol. The molecule has 5 nitrogen and oxygen atoms in total. The van der Waals surface area contributed by atoms with E-state index >= 15 is 0 Å². The van der Waals surface area contributed by atoms with Crippen LogP contribution in [-0.4, -0.2) is 67.8 Å². The van der Waals surface area contributed by atoms with Crippen molar-refractivity contribution in [3.63, 3.8) is 0 Å². The van der Waals surface area contributed by atoms with Crippen LogP contribution in [0, 0.1) is 0 Å². The number of morpholine rings is 1. The van der Waals surface area contributed by atoms with Crippen LogP contribution >= 0.6 is 11.6 Å². The highest BCUT2D eigenvalue weighted by atomic mass is 35.5. The van der Waals surface area contributed by atoms with E-state index in [1.54, 1.807) is 12.1 Å². The molecule has 130 valence electrons. The maximum absolute atomic E-state index is 10.1. The number of benzene rings is 1. The number of rotatable bonds is 8. The van der Waals surface area contributed by atoms with E-state index in [-0.39, 0.29) is 12.2 Å². The lowest BCUT2D eigenvalue weighted by Crippen LogP contribution is -2.48. The summed E-state index contributed by atoms with van der Waals surface area (Å²) in [5, 5.41) is 10.7. The molecule has 1 heterocycles. The van der Waals surface area contributed by atoms with Gasteiger partial charge in [0.15, 0.2) is 0 Å². The molecule has 3 atom stereocenters. The van der Waals surface area contributed by atoms with Crippen molar-refractivity contribution < 1.29 is 19.3 Å². The Bertz CT molecular complexity index is 446. The average molecular weight is 344 g/mol. The maximum atomic E-state index is 10.1. The number of hydrogen-bond acceptors (Lipinski definition) is 5. The van der Waals surface area contributed by atoms with E-state index in [4.69, 9.17) is 25.8 Å². The van der Waals surface area contributed by atoms with Gasteiger partial charge in [0.25, 0.3) is 0 Å². The van der Waals surface area contributed by atoms with Gasteiger partial charge in [-0.2, -0.15) is 0 Å². The molecule has 0 unspecified atom stereocenters. The molecule has 0 aliphatic carbocycles. The van der Waals surface area contributed by atoms with E-state index in [9.17, 15) is 5.11 Å². The lowest BCUT2D eigenvalue weighted by atomic mass is 10.2. The maximum Gasteiger partial charge on any atom is 0.119 e. The first-order chi connectivity index (χ1) is 11.0. The Morgan fingerprint density at radius 1 is 1.22 bits per heavy atom. The lowest BCUT2D eigenvalue weighted by molar-refractivity contribution is -0.0824. The second kappa shape index (κ2) is 9.45. The highest BCUT2D eigenvalue weighted by Crippen LogP contribution is 2.15. The minimum atomic E-state index is -0.497. The number of β-amino-alcohol motifs (C(OH)–C–C–N with tert-alkyl or cyclic N) is 1. The van der Waals surface area contributed by atoms with Crippen molar-refractivity contribution in [1.29, 1.82) is 0 Å².